The van der Waals surface area contributed by atoms with E-state index in [0.29, 0.717) is 0 Å². The summed E-state index contributed by atoms with van der Waals surface area (Å²) in [6, 6.07) is 40.4. The molecule has 0 fully saturated rings. The van der Waals surface area contributed by atoms with E-state index < -0.39 is 0 Å². The van der Waals surface area contributed by atoms with E-state index in [9.17, 15) is 4.39 Å². The molecule has 0 bridgehead atoms. The average Bonchev–Trinajstić information content (AvgIpc) is 3.42. The first-order valence-corrected chi connectivity index (χ1v) is 13.2. The van der Waals surface area contributed by atoms with Crippen molar-refractivity contribution < 1.29 is 4.39 Å². The van der Waals surface area contributed by atoms with Crippen LogP contribution in [0.3, 0.4) is 0 Å². The van der Waals surface area contributed by atoms with Gasteiger partial charge < -0.3 is 0 Å². The van der Waals surface area contributed by atoms with Crippen LogP contribution in [0, 0.1) is 5.82 Å². The second-order valence-corrected chi connectivity index (χ2v) is 10.3. The maximum absolute atomic E-state index is 13.2. The van der Waals surface area contributed by atoms with E-state index in [0.717, 1.165) is 49.6 Å². The first-order valence-electron chi connectivity index (χ1n) is 12.4. The van der Waals surface area contributed by atoms with Gasteiger partial charge in [0.2, 0.25) is 0 Å². The molecular weight excluding hydrogens is 487 g/mol. The largest absolute Gasteiger partial charge is 0.253 e. The first-order chi connectivity index (χ1) is 18.7. The quantitative estimate of drug-likeness (QED) is 0.236. The van der Waals surface area contributed by atoms with Gasteiger partial charge in [-0.1, -0.05) is 78.9 Å². The predicted octanol–water partition coefficient (Wildman–Crippen LogP) is 9.65. The molecule has 0 atom stereocenters. The van der Waals surface area contributed by atoms with Gasteiger partial charge in [-0.05, 0) is 81.1 Å². The first kappa shape index (κ1) is 22.5. The number of para-hydroxylation sites is 1. The number of fused-ring (bicyclic) bond motifs is 2. The number of hydrogen-bond donors (Lipinski definition) is 0. The van der Waals surface area contributed by atoms with Crippen molar-refractivity contribution in [3.63, 3.8) is 0 Å². The van der Waals surface area contributed by atoms with Crippen LogP contribution in [0.4, 0.5) is 4.39 Å². The lowest BCUT2D eigenvalue weighted by Gasteiger charge is -2.08. The fourth-order valence-electron chi connectivity index (χ4n) is 4.78. The zero-order valence-electron chi connectivity index (χ0n) is 20.3. The highest BCUT2D eigenvalue weighted by molar-refractivity contribution is 7.21. The van der Waals surface area contributed by atoms with Gasteiger partial charge in [0.25, 0.3) is 0 Å². The lowest BCUT2D eigenvalue weighted by Crippen LogP contribution is -1.85. The molecule has 0 unspecified atom stereocenters. The molecule has 0 saturated heterocycles. The number of thiazole rings is 1. The second-order valence-electron chi connectivity index (χ2n) is 9.28. The van der Waals surface area contributed by atoms with E-state index in [2.05, 4.69) is 78.9 Å². The van der Waals surface area contributed by atoms with Gasteiger partial charge in [0.15, 0.2) is 0 Å². The molecule has 2 aromatic heterocycles. The van der Waals surface area contributed by atoms with Crippen molar-refractivity contribution >= 4 is 32.3 Å². The third-order valence-electron chi connectivity index (χ3n) is 6.85. The van der Waals surface area contributed by atoms with Crippen molar-refractivity contribution in [1.82, 2.24) is 9.97 Å². The molecule has 0 N–H and O–H groups in total. The highest BCUT2D eigenvalue weighted by atomic mass is 32.1. The van der Waals surface area contributed by atoms with Gasteiger partial charge in [-0.15, -0.1) is 11.3 Å². The molecule has 4 heteroatoms. The lowest BCUT2D eigenvalue weighted by atomic mass is 9.97. The number of benzene rings is 5. The van der Waals surface area contributed by atoms with E-state index >= 15 is 0 Å². The summed E-state index contributed by atoms with van der Waals surface area (Å²) in [6.45, 7) is 0. The van der Waals surface area contributed by atoms with E-state index in [1.54, 1.807) is 11.3 Å². The Morgan fingerprint density at radius 1 is 0.526 bits per heavy atom. The summed E-state index contributed by atoms with van der Waals surface area (Å²) in [5.74, 6) is -0.220. The van der Waals surface area contributed by atoms with Crippen LogP contribution in [-0.2, 0) is 0 Å². The Morgan fingerprint density at radius 2 is 1.08 bits per heavy atom. The van der Waals surface area contributed by atoms with Gasteiger partial charge in [0.05, 0.1) is 15.9 Å². The van der Waals surface area contributed by atoms with Crippen molar-refractivity contribution in [2.45, 2.75) is 0 Å². The number of rotatable bonds is 4. The Morgan fingerprint density at radius 3 is 1.71 bits per heavy atom. The van der Waals surface area contributed by atoms with Crippen LogP contribution in [0.1, 0.15) is 0 Å². The van der Waals surface area contributed by atoms with Gasteiger partial charge >= 0.3 is 0 Å². The molecule has 5 aromatic carbocycles. The summed E-state index contributed by atoms with van der Waals surface area (Å²) >= 11 is 1.67. The zero-order chi connectivity index (χ0) is 25.5. The highest BCUT2D eigenvalue weighted by Gasteiger charge is 2.09. The van der Waals surface area contributed by atoms with Crippen molar-refractivity contribution in [2.24, 2.45) is 0 Å². The van der Waals surface area contributed by atoms with Crippen LogP contribution in [0.25, 0.3) is 65.1 Å². The minimum atomic E-state index is -0.220. The molecule has 0 aliphatic rings. The molecule has 7 rings (SSSR count). The molecule has 0 aliphatic heterocycles. The zero-order valence-corrected chi connectivity index (χ0v) is 21.1. The Bertz CT molecular complexity index is 1870. The van der Waals surface area contributed by atoms with Crippen LogP contribution in [-0.4, -0.2) is 9.97 Å². The lowest BCUT2D eigenvalue weighted by molar-refractivity contribution is 0.628. The van der Waals surface area contributed by atoms with E-state index in [-0.39, 0.29) is 5.82 Å². The van der Waals surface area contributed by atoms with Gasteiger partial charge in [0.1, 0.15) is 10.8 Å². The molecule has 2 nitrogen and oxygen atoms in total. The van der Waals surface area contributed by atoms with Crippen molar-refractivity contribution in [3.8, 4) is 44.1 Å². The fraction of sp³-hybridized carbons (Fsp3) is 0. The average molecular weight is 509 g/mol. The smallest absolute Gasteiger partial charge is 0.143 e. The summed E-state index contributed by atoms with van der Waals surface area (Å²) in [6.07, 6.45) is 1.93. The minimum Gasteiger partial charge on any atom is -0.253 e. The molecule has 0 spiro atoms. The Kier molecular flexibility index (Phi) is 5.53. The number of nitrogens with zero attached hydrogens (tertiary/aromatic N) is 2. The third kappa shape index (κ3) is 4.25. The summed E-state index contributed by atoms with van der Waals surface area (Å²) < 4.78 is 14.4. The van der Waals surface area contributed by atoms with E-state index in [1.165, 1.54) is 27.6 Å². The standard InChI is InChI=1S/C34H21FN2S/c35-30-16-13-23(14-17-30)22-5-7-24(8-6-22)25-9-10-27-20-28(12-11-26(27)19-25)29-15-18-32(36-21-29)34-37-31-3-1-2-4-33(31)38-34/h1-21H. The van der Waals surface area contributed by atoms with E-state index in [4.69, 9.17) is 9.97 Å². The van der Waals surface area contributed by atoms with Gasteiger partial charge in [-0.25, -0.2) is 9.37 Å². The molecule has 38 heavy (non-hydrogen) atoms. The summed E-state index contributed by atoms with van der Waals surface area (Å²) in [7, 11) is 0. The SMILES string of the molecule is Fc1ccc(-c2ccc(-c3ccc4cc(-c5ccc(-c6nc7ccccc7s6)nc5)ccc4c3)cc2)cc1. The van der Waals surface area contributed by atoms with Crippen LogP contribution in [0.15, 0.2) is 128 Å². The topological polar surface area (TPSA) is 25.8 Å². The highest BCUT2D eigenvalue weighted by Crippen LogP contribution is 2.32. The number of pyridine rings is 1. The van der Waals surface area contributed by atoms with Crippen LogP contribution in [0.5, 0.6) is 0 Å². The molecule has 0 saturated carbocycles. The molecule has 0 radical (unpaired) electrons. The van der Waals surface area contributed by atoms with Crippen LogP contribution < -0.4 is 0 Å². The Labute approximate surface area is 223 Å². The molecule has 0 amide bonds. The van der Waals surface area contributed by atoms with Crippen molar-refractivity contribution in [1.29, 1.82) is 0 Å². The summed E-state index contributed by atoms with van der Waals surface area (Å²) in [4.78, 5) is 9.44. The summed E-state index contributed by atoms with van der Waals surface area (Å²) in [5.41, 5.74) is 8.51. The maximum atomic E-state index is 13.2. The molecular formula is C34H21FN2S. The monoisotopic (exact) mass is 508 g/mol. The molecule has 0 aliphatic carbocycles. The van der Waals surface area contributed by atoms with Gasteiger partial charge in [-0.2, -0.15) is 0 Å². The number of halogens is 1. The fourth-order valence-corrected chi connectivity index (χ4v) is 5.72. The second kappa shape index (κ2) is 9.33. The molecule has 7 aromatic rings. The number of hydrogen-bond acceptors (Lipinski definition) is 3. The predicted molar refractivity (Wildman–Crippen MR) is 157 cm³/mol. The normalized spacial score (nSPS) is 11.3. The minimum absolute atomic E-state index is 0.220. The Hall–Kier alpha value is -4.67. The number of aromatic nitrogens is 2. The maximum Gasteiger partial charge on any atom is 0.143 e. The molecule has 180 valence electrons. The van der Waals surface area contributed by atoms with Gasteiger partial charge in [-0.3, -0.25) is 4.98 Å². The third-order valence-corrected chi connectivity index (χ3v) is 7.90. The molecule has 2 heterocycles. The van der Waals surface area contributed by atoms with Gasteiger partial charge in [0, 0.05) is 11.8 Å². The summed E-state index contributed by atoms with van der Waals surface area (Å²) in [5, 5.41) is 3.31. The Balaban J connectivity index is 1.14. The van der Waals surface area contributed by atoms with E-state index in [1.807, 2.05) is 36.5 Å². The van der Waals surface area contributed by atoms with Crippen molar-refractivity contribution in [2.75, 3.05) is 0 Å². The van der Waals surface area contributed by atoms with Crippen LogP contribution in [0.2, 0.25) is 0 Å². The van der Waals surface area contributed by atoms with Crippen molar-refractivity contribution in [3.05, 3.63) is 133 Å². The van der Waals surface area contributed by atoms with Crippen LogP contribution >= 0.6 is 11.3 Å².